The Morgan fingerprint density at radius 1 is 1.00 bits per heavy atom. The van der Waals surface area contributed by atoms with Gasteiger partial charge in [0.1, 0.15) is 0 Å². The van der Waals surface area contributed by atoms with Gasteiger partial charge in [-0.05, 0) is 56.8 Å². The zero-order chi connectivity index (χ0) is 21.5. The average Bonchev–Trinajstić information content (AvgIpc) is 3.15. The van der Waals surface area contributed by atoms with E-state index in [0.717, 1.165) is 40.7 Å². The molecule has 1 amide bonds. The van der Waals surface area contributed by atoms with Crippen LogP contribution in [0.4, 0.5) is 5.13 Å². The van der Waals surface area contributed by atoms with Crippen molar-refractivity contribution in [1.82, 2.24) is 9.88 Å². The fraction of sp³-hybridized carbons (Fsp3) is 0.417. The Labute approximate surface area is 200 Å². The number of carbonyl (C=O) groups is 1. The van der Waals surface area contributed by atoms with Crippen molar-refractivity contribution in [2.75, 3.05) is 36.8 Å². The highest BCUT2D eigenvalue weighted by Crippen LogP contribution is 2.30. The van der Waals surface area contributed by atoms with Crippen molar-refractivity contribution in [1.29, 1.82) is 0 Å². The molecule has 0 saturated heterocycles. The predicted octanol–water partition coefficient (Wildman–Crippen LogP) is 6.19. The van der Waals surface area contributed by atoms with Crippen molar-refractivity contribution in [3.05, 3.63) is 53.6 Å². The second-order valence-corrected chi connectivity index (χ2v) is 9.63. The molecule has 3 aromatic rings. The molecule has 0 bridgehead atoms. The highest BCUT2D eigenvalue weighted by atomic mass is 35.5. The molecule has 0 N–H and O–H groups in total. The van der Waals surface area contributed by atoms with E-state index < -0.39 is 0 Å². The summed E-state index contributed by atoms with van der Waals surface area (Å²) in [5, 5.41) is 0.813. The van der Waals surface area contributed by atoms with Crippen molar-refractivity contribution in [3.8, 4) is 0 Å². The minimum absolute atomic E-state index is 0. The molecule has 3 rings (SSSR count). The lowest BCUT2D eigenvalue weighted by molar-refractivity contribution is -0.118. The fourth-order valence-electron chi connectivity index (χ4n) is 3.27. The van der Waals surface area contributed by atoms with Crippen LogP contribution >= 0.6 is 35.5 Å². The number of rotatable bonds is 10. The molecule has 168 valence electrons. The van der Waals surface area contributed by atoms with Crippen LogP contribution in [0.25, 0.3) is 10.2 Å². The van der Waals surface area contributed by atoms with Crippen LogP contribution in [0.2, 0.25) is 0 Å². The van der Waals surface area contributed by atoms with Crippen LogP contribution in [-0.2, 0) is 4.79 Å². The Hall–Kier alpha value is -1.60. The molecule has 0 radical (unpaired) electrons. The monoisotopic (exact) mass is 477 g/mol. The van der Waals surface area contributed by atoms with Crippen LogP contribution in [0.1, 0.15) is 31.4 Å². The van der Waals surface area contributed by atoms with Gasteiger partial charge in [0, 0.05) is 30.2 Å². The van der Waals surface area contributed by atoms with Gasteiger partial charge >= 0.3 is 0 Å². The summed E-state index contributed by atoms with van der Waals surface area (Å²) in [7, 11) is 0. The highest BCUT2D eigenvalue weighted by molar-refractivity contribution is 7.99. The van der Waals surface area contributed by atoms with Crippen molar-refractivity contribution < 1.29 is 4.79 Å². The average molecular weight is 478 g/mol. The van der Waals surface area contributed by atoms with E-state index in [1.54, 1.807) is 23.1 Å². The molecule has 7 heteroatoms. The molecule has 2 aromatic carbocycles. The number of aromatic nitrogens is 1. The summed E-state index contributed by atoms with van der Waals surface area (Å²) in [5.41, 5.74) is 3.44. The molecule has 4 nitrogen and oxygen atoms in total. The maximum atomic E-state index is 13.2. The Bertz CT molecular complexity index is 971. The van der Waals surface area contributed by atoms with Gasteiger partial charge in [-0.1, -0.05) is 48.9 Å². The number of carbonyl (C=O) groups excluding carboxylic acids is 1. The van der Waals surface area contributed by atoms with E-state index in [9.17, 15) is 4.79 Å². The van der Waals surface area contributed by atoms with Crippen LogP contribution in [0.5, 0.6) is 0 Å². The molecule has 0 saturated carbocycles. The largest absolute Gasteiger partial charge is 0.302 e. The smallest absolute Gasteiger partial charge is 0.229 e. The van der Waals surface area contributed by atoms with E-state index in [0.29, 0.717) is 13.0 Å². The summed E-state index contributed by atoms with van der Waals surface area (Å²) in [6.07, 6.45) is 0.506. The normalized spacial score (nSPS) is 11.0. The van der Waals surface area contributed by atoms with Crippen molar-refractivity contribution >= 4 is 56.8 Å². The number of hydrogen-bond donors (Lipinski definition) is 0. The number of thiazole rings is 1. The standard InChI is InChI=1S/C24H31N3OS2.ClH/c1-5-26(6-2)14-15-27(24-25-21-12-9-19(4)17-22(21)30-24)23(28)13-16-29-20-10-7-18(3)8-11-20;/h7-12,17H,5-6,13-16H2,1-4H3;1H. The lowest BCUT2D eigenvalue weighted by Crippen LogP contribution is -2.39. The summed E-state index contributed by atoms with van der Waals surface area (Å²) < 4.78 is 1.14. The van der Waals surface area contributed by atoms with E-state index in [-0.39, 0.29) is 18.3 Å². The summed E-state index contributed by atoms with van der Waals surface area (Å²) in [4.78, 5) is 23.4. The number of thioether (sulfide) groups is 1. The van der Waals surface area contributed by atoms with Crippen LogP contribution in [0, 0.1) is 13.8 Å². The minimum Gasteiger partial charge on any atom is -0.302 e. The SMILES string of the molecule is CCN(CC)CCN(C(=O)CCSc1ccc(C)cc1)c1nc2ccc(C)cc2s1.Cl. The maximum Gasteiger partial charge on any atom is 0.229 e. The second-order valence-electron chi connectivity index (χ2n) is 7.45. The molecule has 0 aliphatic carbocycles. The molecule has 31 heavy (non-hydrogen) atoms. The first-order valence-electron chi connectivity index (χ1n) is 10.6. The van der Waals surface area contributed by atoms with Gasteiger partial charge in [-0.15, -0.1) is 24.2 Å². The molecule has 0 fully saturated rings. The Morgan fingerprint density at radius 2 is 1.68 bits per heavy atom. The van der Waals surface area contributed by atoms with Crippen LogP contribution in [-0.4, -0.2) is 47.7 Å². The lowest BCUT2D eigenvalue weighted by atomic mass is 10.2. The number of aryl methyl sites for hydroxylation is 2. The van der Waals surface area contributed by atoms with Crippen LogP contribution < -0.4 is 4.90 Å². The molecule has 0 spiro atoms. The zero-order valence-electron chi connectivity index (χ0n) is 18.8. The lowest BCUT2D eigenvalue weighted by Gasteiger charge is -2.24. The number of likely N-dealkylation sites (N-methyl/N-ethyl adjacent to an activating group) is 1. The van der Waals surface area contributed by atoms with Crippen LogP contribution in [0.15, 0.2) is 47.4 Å². The number of amides is 1. The third-order valence-corrected chi connectivity index (χ3v) is 7.26. The van der Waals surface area contributed by atoms with Gasteiger partial charge in [-0.2, -0.15) is 0 Å². The summed E-state index contributed by atoms with van der Waals surface area (Å²) in [6.45, 7) is 12.0. The van der Waals surface area contributed by atoms with Gasteiger partial charge in [-0.3, -0.25) is 9.69 Å². The predicted molar refractivity (Wildman–Crippen MR) is 138 cm³/mol. The van der Waals surface area contributed by atoms with Crippen molar-refractivity contribution in [3.63, 3.8) is 0 Å². The first-order valence-corrected chi connectivity index (χ1v) is 12.4. The highest BCUT2D eigenvalue weighted by Gasteiger charge is 2.20. The molecule has 0 aliphatic heterocycles. The number of fused-ring (bicyclic) bond motifs is 1. The van der Waals surface area contributed by atoms with Gasteiger partial charge in [0.15, 0.2) is 5.13 Å². The fourth-order valence-corrected chi connectivity index (χ4v) is 5.22. The zero-order valence-corrected chi connectivity index (χ0v) is 21.2. The summed E-state index contributed by atoms with van der Waals surface area (Å²) in [6, 6.07) is 14.7. The number of anilines is 1. The molecule has 0 aliphatic rings. The van der Waals surface area contributed by atoms with E-state index >= 15 is 0 Å². The van der Waals surface area contributed by atoms with E-state index in [1.807, 2.05) is 11.0 Å². The Kier molecular flexibility index (Phi) is 10.3. The summed E-state index contributed by atoms with van der Waals surface area (Å²) >= 11 is 3.35. The third kappa shape index (κ3) is 7.21. The number of nitrogens with zero attached hydrogens (tertiary/aromatic N) is 3. The second kappa shape index (κ2) is 12.4. The molecule has 0 unspecified atom stereocenters. The number of benzene rings is 2. The summed E-state index contributed by atoms with van der Waals surface area (Å²) in [5.74, 6) is 0.922. The van der Waals surface area contributed by atoms with Crippen molar-refractivity contribution in [2.24, 2.45) is 0 Å². The third-order valence-electron chi connectivity index (χ3n) is 5.20. The van der Waals surface area contributed by atoms with E-state index in [2.05, 4.69) is 69.0 Å². The Balaban J connectivity index is 0.00000341. The van der Waals surface area contributed by atoms with Crippen LogP contribution in [0.3, 0.4) is 0 Å². The van der Waals surface area contributed by atoms with E-state index in [4.69, 9.17) is 4.98 Å². The van der Waals surface area contributed by atoms with Crippen molar-refractivity contribution in [2.45, 2.75) is 39.0 Å². The molecule has 1 aromatic heterocycles. The number of hydrogen-bond acceptors (Lipinski definition) is 5. The first kappa shape index (κ1) is 25.7. The Morgan fingerprint density at radius 3 is 2.35 bits per heavy atom. The van der Waals surface area contributed by atoms with Gasteiger partial charge in [-0.25, -0.2) is 4.98 Å². The van der Waals surface area contributed by atoms with E-state index in [1.165, 1.54) is 16.0 Å². The topological polar surface area (TPSA) is 36.4 Å². The number of halogens is 1. The quantitative estimate of drug-likeness (QED) is 0.326. The van der Waals surface area contributed by atoms with Gasteiger partial charge < -0.3 is 4.90 Å². The van der Waals surface area contributed by atoms with Gasteiger partial charge in [0.25, 0.3) is 0 Å². The molecular weight excluding hydrogens is 446 g/mol. The molecule has 1 heterocycles. The molecule has 0 atom stereocenters. The van der Waals surface area contributed by atoms with Gasteiger partial charge in [0.2, 0.25) is 5.91 Å². The molecular formula is C24H32ClN3OS2. The van der Waals surface area contributed by atoms with Gasteiger partial charge in [0.05, 0.1) is 10.2 Å². The minimum atomic E-state index is 0. The maximum absolute atomic E-state index is 13.2. The first-order chi connectivity index (χ1) is 14.5.